The number of carbonyl (C=O) groups excluding carboxylic acids is 1. The standard InChI is InChI=1S/C11H9N3O3/c1-8-4-2-3-5-10(8)11(15)13-7-9(6-12-13)14(16)17/h2-7H,1H3. The summed E-state index contributed by atoms with van der Waals surface area (Å²) in [6.07, 6.45) is 2.16. The molecule has 0 aliphatic carbocycles. The van der Waals surface area contributed by atoms with Gasteiger partial charge in [0.1, 0.15) is 12.4 Å². The van der Waals surface area contributed by atoms with Crippen molar-refractivity contribution in [2.24, 2.45) is 0 Å². The topological polar surface area (TPSA) is 78.0 Å². The van der Waals surface area contributed by atoms with Crippen LogP contribution in [0.1, 0.15) is 15.9 Å². The Kier molecular flexibility index (Phi) is 2.70. The first-order valence-electron chi connectivity index (χ1n) is 4.89. The Labute approximate surface area is 96.6 Å². The first-order valence-corrected chi connectivity index (χ1v) is 4.89. The summed E-state index contributed by atoms with van der Waals surface area (Å²) in [6, 6.07) is 7.01. The van der Waals surface area contributed by atoms with Crippen molar-refractivity contribution in [1.29, 1.82) is 0 Å². The molecule has 0 aliphatic rings. The summed E-state index contributed by atoms with van der Waals surface area (Å²) in [7, 11) is 0. The van der Waals surface area contributed by atoms with Crippen LogP contribution in [0.3, 0.4) is 0 Å². The second kappa shape index (κ2) is 4.17. The van der Waals surface area contributed by atoms with Crippen molar-refractivity contribution in [2.45, 2.75) is 6.92 Å². The molecule has 0 aliphatic heterocycles. The van der Waals surface area contributed by atoms with Gasteiger partial charge in [0.2, 0.25) is 0 Å². The number of hydrogen-bond donors (Lipinski definition) is 0. The molecule has 2 rings (SSSR count). The summed E-state index contributed by atoms with van der Waals surface area (Å²) in [4.78, 5) is 21.9. The number of rotatable bonds is 2. The lowest BCUT2D eigenvalue weighted by Crippen LogP contribution is -2.13. The number of hydrogen-bond acceptors (Lipinski definition) is 4. The largest absolute Gasteiger partial charge is 0.307 e. The molecule has 1 aromatic carbocycles. The minimum Gasteiger partial charge on any atom is -0.267 e. The van der Waals surface area contributed by atoms with Gasteiger partial charge in [0.15, 0.2) is 0 Å². The van der Waals surface area contributed by atoms with E-state index in [1.807, 2.05) is 6.07 Å². The van der Waals surface area contributed by atoms with Crippen molar-refractivity contribution in [3.8, 4) is 0 Å². The van der Waals surface area contributed by atoms with E-state index in [1.54, 1.807) is 25.1 Å². The first kappa shape index (κ1) is 11.0. The minimum absolute atomic E-state index is 0.202. The number of aromatic nitrogens is 2. The summed E-state index contributed by atoms with van der Waals surface area (Å²) >= 11 is 0. The third-order valence-corrected chi connectivity index (χ3v) is 2.36. The van der Waals surface area contributed by atoms with Gasteiger partial charge >= 0.3 is 5.69 Å². The molecule has 6 nitrogen and oxygen atoms in total. The molecule has 0 amide bonds. The summed E-state index contributed by atoms with van der Waals surface area (Å²) < 4.78 is 0.973. The fourth-order valence-electron chi connectivity index (χ4n) is 1.45. The lowest BCUT2D eigenvalue weighted by molar-refractivity contribution is -0.384. The fraction of sp³-hybridized carbons (Fsp3) is 0.0909. The molecule has 0 atom stereocenters. The number of benzene rings is 1. The Morgan fingerprint density at radius 3 is 2.71 bits per heavy atom. The van der Waals surface area contributed by atoms with E-state index < -0.39 is 4.92 Å². The average molecular weight is 231 g/mol. The average Bonchev–Trinajstić information content (AvgIpc) is 2.78. The highest BCUT2D eigenvalue weighted by Gasteiger charge is 2.16. The maximum absolute atomic E-state index is 12.0. The van der Waals surface area contributed by atoms with Gasteiger partial charge in [-0.25, -0.2) is 0 Å². The zero-order valence-electron chi connectivity index (χ0n) is 9.03. The molecule has 0 radical (unpaired) electrons. The molecule has 0 bridgehead atoms. The van der Waals surface area contributed by atoms with Crippen LogP contribution in [0.4, 0.5) is 5.69 Å². The van der Waals surface area contributed by atoms with Gasteiger partial charge in [-0.2, -0.15) is 9.78 Å². The maximum atomic E-state index is 12.0. The molecule has 0 fully saturated rings. The molecule has 0 saturated heterocycles. The van der Waals surface area contributed by atoms with Gasteiger partial charge in [0, 0.05) is 5.56 Å². The van der Waals surface area contributed by atoms with E-state index in [4.69, 9.17) is 0 Å². The number of nitro groups is 1. The first-order chi connectivity index (χ1) is 8.09. The van der Waals surface area contributed by atoms with Crippen LogP contribution < -0.4 is 0 Å². The van der Waals surface area contributed by atoms with Gasteiger partial charge < -0.3 is 0 Å². The predicted octanol–water partition coefficient (Wildman–Crippen LogP) is 1.79. The third kappa shape index (κ3) is 2.05. The van der Waals surface area contributed by atoms with Crippen molar-refractivity contribution in [2.75, 3.05) is 0 Å². The van der Waals surface area contributed by atoms with Gasteiger partial charge in [0.05, 0.1) is 4.92 Å². The van der Waals surface area contributed by atoms with Crippen molar-refractivity contribution in [1.82, 2.24) is 9.78 Å². The molecule has 17 heavy (non-hydrogen) atoms. The second-order valence-electron chi connectivity index (χ2n) is 3.52. The second-order valence-corrected chi connectivity index (χ2v) is 3.52. The molecule has 0 saturated carbocycles. The Morgan fingerprint density at radius 2 is 2.12 bits per heavy atom. The molecule has 0 unspecified atom stereocenters. The lowest BCUT2D eigenvalue weighted by Gasteiger charge is -2.02. The van der Waals surface area contributed by atoms with Crippen LogP contribution in [0.5, 0.6) is 0 Å². The summed E-state index contributed by atoms with van der Waals surface area (Å²) in [5.41, 5.74) is 1.08. The van der Waals surface area contributed by atoms with E-state index in [0.717, 1.165) is 22.6 Å². The summed E-state index contributed by atoms with van der Waals surface area (Å²) in [5.74, 6) is -0.379. The molecule has 1 heterocycles. The molecular formula is C11H9N3O3. The van der Waals surface area contributed by atoms with E-state index in [0.29, 0.717) is 5.56 Å². The minimum atomic E-state index is -0.589. The fourth-order valence-corrected chi connectivity index (χ4v) is 1.45. The van der Waals surface area contributed by atoms with Crippen molar-refractivity contribution in [3.05, 3.63) is 57.9 Å². The Balaban J connectivity index is 2.37. The molecule has 0 N–H and O–H groups in total. The third-order valence-electron chi connectivity index (χ3n) is 2.36. The zero-order valence-corrected chi connectivity index (χ0v) is 9.03. The predicted molar refractivity (Wildman–Crippen MR) is 59.8 cm³/mol. The lowest BCUT2D eigenvalue weighted by atomic mass is 10.1. The van der Waals surface area contributed by atoms with E-state index in [-0.39, 0.29) is 11.6 Å². The van der Waals surface area contributed by atoms with Crippen LogP contribution in [0.15, 0.2) is 36.7 Å². The van der Waals surface area contributed by atoms with Gasteiger partial charge in [-0.05, 0) is 18.6 Å². The molecule has 2 aromatic rings. The summed E-state index contributed by atoms with van der Waals surface area (Å²) in [5, 5.41) is 14.2. The van der Waals surface area contributed by atoms with E-state index in [9.17, 15) is 14.9 Å². The van der Waals surface area contributed by atoms with Crippen LogP contribution in [0, 0.1) is 17.0 Å². The Morgan fingerprint density at radius 1 is 1.41 bits per heavy atom. The van der Waals surface area contributed by atoms with Crippen LogP contribution in [0.2, 0.25) is 0 Å². The van der Waals surface area contributed by atoms with Crippen LogP contribution in [0.25, 0.3) is 0 Å². The van der Waals surface area contributed by atoms with Crippen LogP contribution in [-0.2, 0) is 0 Å². The quantitative estimate of drug-likeness (QED) is 0.583. The normalized spacial score (nSPS) is 10.2. The Hall–Kier alpha value is -2.50. The molecule has 86 valence electrons. The zero-order chi connectivity index (χ0) is 12.4. The molecule has 0 spiro atoms. The number of aryl methyl sites for hydroxylation is 1. The highest BCUT2D eigenvalue weighted by Crippen LogP contribution is 2.12. The van der Waals surface area contributed by atoms with Gasteiger partial charge in [-0.3, -0.25) is 14.9 Å². The smallest absolute Gasteiger partial charge is 0.267 e. The van der Waals surface area contributed by atoms with Crippen molar-refractivity contribution < 1.29 is 9.72 Å². The van der Waals surface area contributed by atoms with Gasteiger partial charge in [0.25, 0.3) is 5.91 Å². The van der Waals surface area contributed by atoms with Crippen molar-refractivity contribution in [3.63, 3.8) is 0 Å². The van der Waals surface area contributed by atoms with Crippen LogP contribution >= 0.6 is 0 Å². The van der Waals surface area contributed by atoms with E-state index in [2.05, 4.69) is 5.10 Å². The number of carbonyl (C=O) groups is 1. The van der Waals surface area contributed by atoms with Gasteiger partial charge in [-0.1, -0.05) is 18.2 Å². The Bertz CT molecular complexity index is 589. The van der Waals surface area contributed by atoms with Gasteiger partial charge in [-0.15, -0.1) is 0 Å². The van der Waals surface area contributed by atoms with E-state index >= 15 is 0 Å². The van der Waals surface area contributed by atoms with E-state index in [1.165, 1.54) is 0 Å². The summed E-state index contributed by atoms with van der Waals surface area (Å²) in [6.45, 7) is 1.80. The monoisotopic (exact) mass is 231 g/mol. The molecule has 1 aromatic heterocycles. The van der Waals surface area contributed by atoms with Crippen LogP contribution in [-0.4, -0.2) is 20.6 Å². The SMILES string of the molecule is Cc1ccccc1C(=O)n1cc([N+](=O)[O-])cn1. The maximum Gasteiger partial charge on any atom is 0.307 e. The van der Waals surface area contributed by atoms with Crippen molar-refractivity contribution >= 4 is 11.6 Å². The number of nitrogens with zero attached hydrogens (tertiary/aromatic N) is 3. The molecular weight excluding hydrogens is 222 g/mol. The highest BCUT2D eigenvalue weighted by atomic mass is 16.6. The molecule has 6 heteroatoms. The highest BCUT2D eigenvalue weighted by molar-refractivity contribution is 5.96.